The minimum atomic E-state index is -0.210. The highest BCUT2D eigenvalue weighted by Gasteiger charge is 2.18. The lowest BCUT2D eigenvalue weighted by Gasteiger charge is -2.12. The number of fused-ring (bicyclic) bond motifs is 1. The SMILES string of the molecule is Nc1cnccc1-c1nc2ccc(-n3cccn3)nc2n1-c1ccc(CNC(=O)Cc2ccc(C=O)c(O)c2)cc1. The summed E-state index contributed by atoms with van der Waals surface area (Å²) in [7, 11) is 0. The molecule has 0 fully saturated rings. The first-order valence-corrected chi connectivity index (χ1v) is 12.7. The van der Waals surface area contributed by atoms with Crippen LogP contribution in [-0.2, 0) is 17.8 Å². The normalized spacial score (nSPS) is 11.0. The molecular formula is C30H24N8O3. The van der Waals surface area contributed by atoms with E-state index in [2.05, 4.69) is 15.4 Å². The first-order chi connectivity index (χ1) is 20.0. The third-order valence-corrected chi connectivity index (χ3v) is 6.59. The van der Waals surface area contributed by atoms with Crippen LogP contribution in [0.25, 0.3) is 34.1 Å². The van der Waals surface area contributed by atoms with E-state index < -0.39 is 0 Å². The fourth-order valence-electron chi connectivity index (χ4n) is 4.53. The Bertz CT molecular complexity index is 1880. The smallest absolute Gasteiger partial charge is 0.224 e. The van der Waals surface area contributed by atoms with Crippen molar-refractivity contribution in [3.63, 3.8) is 0 Å². The standard InChI is InChI=1S/C30H24N8O3/c31-24-17-32-12-10-23(24)29-35-25-8-9-27(37-13-1-11-34-37)36-30(25)38(29)22-6-3-19(4-7-22)16-33-28(41)15-20-2-5-21(18-39)26(40)14-20/h1-14,17-18,40H,15-16,31H2,(H,33,41). The van der Waals surface area contributed by atoms with E-state index in [4.69, 9.17) is 15.7 Å². The van der Waals surface area contributed by atoms with Crippen LogP contribution < -0.4 is 11.1 Å². The van der Waals surface area contributed by atoms with Crippen molar-refractivity contribution in [2.75, 3.05) is 5.73 Å². The number of carbonyl (C=O) groups is 2. The first-order valence-electron chi connectivity index (χ1n) is 12.7. The van der Waals surface area contributed by atoms with Crippen LogP contribution in [0.15, 0.2) is 91.5 Å². The number of nitrogens with two attached hydrogens (primary N) is 1. The number of nitrogens with one attached hydrogen (secondary N) is 1. The summed E-state index contributed by atoms with van der Waals surface area (Å²) in [6.45, 7) is 0.314. The van der Waals surface area contributed by atoms with Gasteiger partial charge in [-0.3, -0.25) is 19.1 Å². The molecule has 4 heterocycles. The predicted molar refractivity (Wildman–Crippen MR) is 153 cm³/mol. The molecule has 202 valence electrons. The lowest BCUT2D eigenvalue weighted by atomic mass is 10.1. The average molecular weight is 545 g/mol. The minimum Gasteiger partial charge on any atom is -0.507 e. The Morgan fingerprint density at radius 3 is 2.56 bits per heavy atom. The van der Waals surface area contributed by atoms with Crippen LogP contribution in [0.1, 0.15) is 21.5 Å². The number of aromatic nitrogens is 6. The molecule has 0 saturated carbocycles. The van der Waals surface area contributed by atoms with E-state index in [9.17, 15) is 14.7 Å². The van der Waals surface area contributed by atoms with Gasteiger partial charge >= 0.3 is 0 Å². The van der Waals surface area contributed by atoms with Gasteiger partial charge < -0.3 is 16.2 Å². The number of aromatic hydroxyl groups is 1. The van der Waals surface area contributed by atoms with Gasteiger partial charge in [0.1, 0.15) is 17.1 Å². The van der Waals surface area contributed by atoms with Gasteiger partial charge in [0.25, 0.3) is 0 Å². The zero-order valence-corrected chi connectivity index (χ0v) is 21.7. The molecule has 2 aromatic carbocycles. The summed E-state index contributed by atoms with van der Waals surface area (Å²) in [4.78, 5) is 37.2. The van der Waals surface area contributed by atoms with Crippen molar-refractivity contribution < 1.29 is 14.7 Å². The molecule has 0 radical (unpaired) electrons. The molecule has 1 amide bonds. The molecular weight excluding hydrogens is 520 g/mol. The molecule has 6 rings (SSSR count). The van der Waals surface area contributed by atoms with Gasteiger partial charge in [-0.2, -0.15) is 5.10 Å². The highest BCUT2D eigenvalue weighted by Crippen LogP contribution is 2.31. The number of hydrogen-bond acceptors (Lipinski definition) is 8. The van der Waals surface area contributed by atoms with Crippen LogP contribution in [0.5, 0.6) is 5.75 Å². The van der Waals surface area contributed by atoms with Crippen LogP contribution >= 0.6 is 0 Å². The Hall–Kier alpha value is -5.84. The number of nitrogen functional groups attached to an aromatic ring is 1. The van der Waals surface area contributed by atoms with E-state index in [1.807, 2.05) is 59.3 Å². The zero-order chi connectivity index (χ0) is 28.3. The number of phenols is 1. The van der Waals surface area contributed by atoms with Crippen LogP contribution in [0, 0.1) is 0 Å². The fourth-order valence-corrected chi connectivity index (χ4v) is 4.53. The molecule has 0 aliphatic heterocycles. The van der Waals surface area contributed by atoms with Crippen molar-refractivity contribution in [2.24, 2.45) is 0 Å². The maximum absolute atomic E-state index is 12.5. The van der Waals surface area contributed by atoms with Crippen LogP contribution in [0.3, 0.4) is 0 Å². The molecule has 11 nitrogen and oxygen atoms in total. The zero-order valence-electron chi connectivity index (χ0n) is 21.7. The first kappa shape index (κ1) is 25.4. The Morgan fingerprint density at radius 1 is 1.00 bits per heavy atom. The van der Waals surface area contributed by atoms with Crippen LogP contribution in [0.2, 0.25) is 0 Å². The second kappa shape index (κ2) is 10.7. The number of anilines is 1. The molecule has 0 aliphatic carbocycles. The third-order valence-electron chi connectivity index (χ3n) is 6.59. The monoisotopic (exact) mass is 544 g/mol. The highest BCUT2D eigenvalue weighted by molar-refractivity contribution is 5.84. The van der Waals surface area contributed by atoms with E-state index >= 15 is 0 Å². The van der Waals surface area contributed by atoms with Crippen LogP contribution in [-0.4, -0.2) is 46.6 Å². The molecule has 41 heavy (non-hydrogen) atoms. The van der Waals surface area contributed by atoms with Crippen molar-refractivity contribution in [1.82, 2.24) is 34.6 Å². The van der Waals surface area contributed by atoms with E-state index in [0.29, 0.717) is 46.9 Å². The van der Waals surface area contributed by atoms with E-state index in [1.54, 1.807) is 29.3 Å². The summed E-state index contributed by atoms with van der Waals surface area (Å²) in [5.41, 5.74) is 11.3. The molecule has 0 bridgehead atoms. The molecule has 11 heteroatoms. The fraction of sp³-hybridized carbons (Fsp3) is 0.0667. The number of imidazole rings is 1. The summed E-state index contributed by atoms with van der Waals surface area (Å²) < 4.78 is 3.62. The Balaban J connectivity index is 1.28. The van der Waals surface area contributed by atoms with Crippen molar-refractivity contribution >= 4 is 29.0 Å². The molecule has 4 aromatic heterocycles. The largest absolute Gasteiger partial charge is 0.507 e. The summed E-state index contributed by atoms with van der Waals surface area (Å²) in [6.07, 6.45) is 7.42. The van der Waals surface area contributed by atoms with Crippen molar-refractivity contribution in [3.8, 4) is 28.6 Å². The van der Waals surface area contributed by atoms with Crippen LogP contribution in [0.4, 0.5) is 5.69 Å². The quantitative estimate of drug-likeness (QED) is 0.246. The van der Waals surface area contributed by atoms with Gasteiger partial charge in [-0.05, 0) is 59.7 Å². The summed E-state index contributed by atoms with van der Waals surface area (Å²) in [5.74, 6) is 0.909. The molecule has 0 unspecified atom stereocenters. The number of amides is 1. The number of hydrogen-bond donors (Lipinski definition) is 3. The van der Waals surface area contributed by atoms with E-state index in [-0.39, 0.29) is 23.6 Å². The predicted octanol–water partition coefficient (Wildman–Crippen LogP) is 3.63. The minimum absolute atomic E-state index is 0.0762. The molecule has 0 spiro atoms. The summed E-state index contributed by atoms with van der Waals surface area (Å²) in [5, 5.41) is 17.1. The van der Waals surface area contributed by atoms with E-state index in [1.165, 1.54) is 12.1 Å². The van der Waals surface area contributed by atoms with Crippen molar-refractivity contribution in [2.45, 2.75) is 13.0 Å². The molecule has 0 saturated heterocycles. The molecule has 6 aromatic rings. The lowest BCUT2D eigenvalue weighted by molar-refractivity contribution is -0.120. The average Bonchev–Trinajstić information content (AvgIpc) is 3.65. The number of benzene rings is 2. The number of phenolic OH excluding ortho intramolecular Hbond substituents is 1. The number of aldehydes is 1. The second-order valence-electron chi connectivity index (χ2n) is 9.33. The van der Waals surface area contributed by atoms with Gasteiger partial charge in [-0.1, -0.05) is 18.2 Å². The van der Waals surface area contributed by atoms with E-state index in [0.717, 1.165) is 16.8 Å². The van der Waals surface area contributed by atoms with Gasteiger partial charge in [0.15, 0.2) is 17.8 Å². The maximum atomic E-state index is 12.5. The molecule has 4 N–H and O–H groups in total. The number of nitrogens with zero attached hydrogens (tertiary/aromatic N) is 6. The Labute approximate surface area is 233 Å². The van der Waals surface area contributed by atoms with Crippen molar-refractivity contribution in [1.29, 1.82) is 0 Å². The topological polar surface area (TPSA) is 154 Å². The van der Waals surface area contributed by atoms with Gasteiger partial charge in [0.2, 0.25) is 5.91 Å². The number of pyridine rings is 2. The van der Waals surface area contributed by atoms with Gasteiger partial charge in [0.05, 0.1) is 23.9 Å². The third kappa shape index (κ3) is 5.11. The van der Waals surface area contributed by atoms with Crippen molar-refractivity contribution in [3.05, 3.63) is 108 Å². The van der Waals surface area contributed by atoms with Gasteiger partial charge in [-0.15, -0.1) is 0 Å². The van der Waals surface area contributed by atoms with Gasteiger partial charge in [-0.25, -0.2) is 14.6 Å². The maximum Gasteiger partial charge on any atom is 0.224 e. The molecule has 0 atom stereocenters. The van der Waals surface area contributed by atoms with Gasteiger partial charge in [0, 0.05) is 36.4 Å². The summed E-state index contributed by atoms with van der Waals surface area (Å²) in [6, 6.07) is 19.7. The Morgan fingerprint density at radius 2 is 1.83 bits per heavy atom. The lowest BCUT2D eigenvalue weighted by Crippen LogP contribution is -2.24. The summed E-state index contributed by atoms with van der Waals surface area (Å²) >= 11 is 0. The molecule has 0 aliphatic rings. The Kier molecular flexibility index (Phi) is 6.66. The number of carbonyl (C=O) groups excluding carboxylic acids is 2. The highest BCUT2D eigenvalue weighted by atomic mass is 16.3. The second-order valence-corrected chi connectivity index (χ2v) is 9.33. The number of rotatable bonds is 8.